The number of aromatic nitrogens is 2. The van der Waals surface area contributed by atoms with Crippen molar-refractivity contribution in [3.63, 3.8) is 0 Å². The second-order valence-electron chi connectivity index (χ2n) is 6.20. The van der Waals surface area contributed by atoms with Gasteiger partial charge in [-0.25, -0.2) is 0 Å². The summed E-state index contributed by atoms with van der Waals surface area (Å²) in [7, 11) is 0. The number of anilines is 1. The molecule has 2 aromatic carbocycles. The number of rotatable bonds is 8. The van der Waals surface area contributed by atoms with Crippen LogP contribution in [0.2, 0.25) is 0 Å². The predicted molar refractivity (Wildman–Crippen MR) is 108 cm³/mol. The lowest BCUT2D eigenvalue weighted by Gasteiger charge is -2.03. The van der Waals surface area contributed by atoms with Crippen molar-refractivity contribution in [1.82, 2.24) is 10.2 Å². The number of ketones is 1. The van der Waals surface area contributed by atoms with Crippen molar-refractivity contribution >= 4 is 28.2 Å². The third-order valence-electron chi connectivity index (χ3n) is 4.09. The first kappa shape index (κ1) is 18.9. The number of benzene rings is 2. The first-order valence-corrected chi connectivity index (χ1v) is 9.78. The lowest BCUT2D eigenvalue weighted by Crippen LogP contribution is -2.13. The summed E-state index contributed by atoms with van der Waals surface area (Å²) in [5.74, 6) is -0.267. The highest BCUT2D eigenvalue weighted by Crippen LogP contribution is 2.26. The Morgan fingerprint density at radius 2 is 1.70 bits per heavy atom. The number of aryl methyl sites for hydroxylation is 1. The topological polar surface area (TPSA) is 72.0 Å². The Bertz CT molecular complexity index is 905. The van der Waals surface area contributed by atoms with Crippen LogP contribution in [0.15, 0.2) is 54.6 Å². The second kappa shape index (κ2) is 9.19. The highest BCUT2D eigenvalue weighted by atomic mass is 32.1. The van der Waals surface area contributed by atoms with E-state index in [0.29, 0.717) is 10.7 Å². The van der Waals surface area contributed by atoms with Crippen molar-refractivity contribution in [2.75, 3.05) is 5.32 Å². The number of hydrogen-bond donors (Lipinski definition) is 1. The number of carbonyl (C=O) groups is 2. The Hall–Kier alpha value is -2.86. The van der Waals surface area contributed by atoms with E-state index in [0.717, 1.165) is 23.4 Å². The van der Waals surface area contributed by atoms with Crippen molar-refractivity contribution < 1.29 is 9.59 Å². The number of carbonyl (C=O) groups excluding carboxylic acids is 2. The summed E-state index contributed by atoms with van der Waals surface area (Å²) < 4.78 is 0. The molecule has 1 amide bonds. The maximum absolute atomic E-state index is 12.3. The number of Topliss-reactive ketones (excluding diaryl/α,β-unsaturated/α-hetero) is 1. The van der Waals surface area contributed by atoms with Crippen LogP contribution in [0.3, 0.4) is 0 Å². The molecule has 1 heterocycles. The standard InChI is InChI=1S/C21H21N3O2S/c1-2-6-15-9-11-16(12-10-15)18(25)13-14-19(26)22-21-24-23-20(27-21)17-7-4-3-5-8-17/h3-5,7-12H,2,6,13-14H2,1H3,(H,22,24,26). The quantitative estimate of drug-likeness (QED) is 0.573. The maximum atomic E-state index is 12.3. The van der Waals surface area contributed by atoms with Crippen LogP contribution in [0.5, 0.6) is 0 Å². The van der Waals surface area contributed by atoms with Gasteiger partial charge in [0.25, 0.3) is 0 Å². The zero-order chi connectivity index (χ0) is 19.1. The molecule has 3 aromatic rings. The minimum Gasteiger partial charge on any atom is -0.301 e. The molecule has 0 aliphatic carbocycles. The Balaban J connectivity index is 1.51. The molecule has 0 saturated heterocycles. The van der Waals surface area contributed by atoms with Crippen LogP contribution in [0.4, 0.5) is 5.13 Å². The molecule has 3 rings (SSSR count). The molecule has 138 valence electrons. The van der Waals surface area contributed by atoms with E-state index in [1.165, 1.54) is 16.9 Å². The van der Waals surface area contributed by atoms with Crippen LogP contribution in [-0.2, 0) is 11.2 Å². The number of nitrogens with one attached hydrogen (secondary N) is 1. The smallest absolute Gasteiger partial charge is 0.226 e. The Morgan fingerprint density at radius 1 is 0.963 bits per heavy atom. The van der Waals surface area contributed by atoms with Gasteiger partial charge in [-0.15, -0.1) is 10.2 Å². The van der Waals surface area contributed by atoms with Crippen LogP contribution >= 0.6 is 11.3 Å². The molecule has 1 aromatic heterocycles. The van der Waals surface area contributed by atoms with E-state index in [9.17, 15) is 9.59 Å². The zero-order valence-corrected chi connectivity index (χ0v) is 16.0. The van der Waals surface area contributed by atoms with E-state index in [1.54, 1.807) is 0 Å². The first-order valence-electron chi connectivity index (χ1n) is 8.96. The van der Waals surface area contributed by atoms with Gasteiger partial charge >= 0.3 is 0 Å². The van der Waals surface area contributed by atoms with Gasteiger partial charge in [0.1, 0.15) is 5.01 Å². The molecule has 27 heavy (non-hydrogen) atoms. The molecule has 0 spiro atoms. The van der Waals surface area contributed by atoms with Gasteiger partial charge in [0.2, 0.25) is 11.0 Å². The van der Waals surface area contributed by atoms with Gasteiger partial charge in [0.05, 0.1) is 0 Å². The van der Waals surface area contributed by atoms with Crippen molar-refractivity contribution in [3.05, 3.63) is 65.7 Å². The molecular weight excluding hydrogens is 358 g/mol. The summed E-state index contributed by atoms with van der Waals surface area (Å²) >= 11 is 1.31. The van der Waals surface area contributed by atoms with Crippen molar-refractivity contribution in [2.24, 2.45) is 0 Å². The van der Waals surface area contributed by atoms with E-state index < -0.39 is 0 Å². The molecule has 0 radical (unpaired) electrons. The molecule has 0 aliphatic rings. The molecule has 0 bridgehead atoms. The SMILES string of the molecule is CCCc1ccc(C(=O)CCC(=O)Nc2nnc(-c3ccccc3)s2)cc1. The Labute approximate surface area is 162 Å². The number of hydrogen-bond acceptors (Lipinski definition) is 5. The zero-order valence-electron chi connectivity index (χ0n) is 15.1. The number of amides is 1. The van der Waals surface area contributed by atoms with E-state index in [-0.39, 0.29) is 24.5 Å². The summed E-state index contributed by atoms with van der Waals surface area (Å²) in [5.41, 5.74) is 2.82. The van der Waals surface area contributed by atoms with E-state index >= 15 is 0 Å². The van der Waals surface area contributed by atoms with E-state index in [1.807, 2.05) is 54.6 Å². The minimum absolute atomic E-state index is 0.0320. The van der Waals surface area contributed by atoms with Crippen LogP contribution < -0.4 is 5.32 Å². The minimum atomic E-state index is -0.235. The fraction of sp³-hybridized carbons (Fsp3) is 0.238. The molecule has 5 nitrogen and oxygen atoms in total. The molecule has 1 N–H and O–H groups in total. The Morgan fingerprint density at radius 3 is 2.41 bits per heavy atom. The molecular formula is C21H21N3O2S. The summed E-state index contributed by atoms with van der Waals surface area (Å²) in [6, 6.07) is 17.3. The lowest BCUT2D eigenvalue weighted by atomic mass is 10.0. The second-order valence-corrected chi connectivity index (χ2v) is 7.17. The predicted octanol–water partition coefficient (Wildman–Crippen LogP) is 4.76. The van der Waals surface area contributed by atoms with Gasteiger partial charge in [0.15, 0.2) is 5.78 Å². The summed E-state index contributed by atoms with van der Waals surface area (Å²) in [4.78, 5) is 24.4. The van der Waals surface area contributed by atoms with Crippen LogP contribution in [0, 0.1) is 0 Å². The van der Waals surface area contributed by atoms with Crippen LogP contribution in [0.25, 0.3) is 10.6 Å². The van der Waals surface area contributed by atoms with Crippen molar-refractivity contribution in [2.45, 2.75) is 32.6 Å². The van der Waals surface area contributed by atoms with Gasteiger partial charge in [-0.2, -0.15) is 0 Å². The summed E-state index contributed by atoms with van der Waals surface area (Å²) in [6.07, 6.45) is 2.37. The normalized spacial score (nSPS) is 10.6. The first-order chi connectivity index (χ1) is 13.2. The van der Waals surface area contributed by atoms with Gasteiger partial charge in [-0.05, 0) is 12.0 Å². The third-order valence-corrected chi connectivity index (χ3v) is 4.97. The molecule has 0 fully saturated rings. The fourth-order valence-corrected chi connectivity index (χ4v) is 3.44. The largest absolute Gasteiger partial charge is 0.301 e. The maximum Gasteiger partial charge on any atom is 0.226 e. The third kappa shape index (κ3) is 5.31. The monoisotopic (exact) mass is 379 g/mol. The molecule has 0 aliphatic heterocycles. The fourth-order valence-electron chi connectivity index (χ4n) is 2.67. The van der Waals surface area contributed by atoms with Gasteiger partial charge in [-0.3, -0.25) is 9.59 Å². The molecule has 0 atom stereocenters. The van der Waals surface area contributed by atoms with Gasteiger partial charge < -0.3 is 5.32 Å². The average Bonchev–Trinajstić information content (AvgIpc) is 3.16. The van der Waals surface area contributed by atoms with Crippen molar-refractivity contribution in [1.29, 1.82) is 0 Å². The lowest BCUT2D eigenvalue weighted by molar-refractivity contribution is -0.116. The van der Waals surface area contributed by atoms with Gasteiger partial charge in [-0.1, -0.05) is 79.3 Å². The van der Waals surface area contributed by atoms with Crippen LogP contribution in [0.1, 0.15) is 42.1 Å². The average molecular weight is 379 g/mol. The van der Waals surface area contributed by atoms with E-state index in [4.69, 9.17) is 0 Å². The van der Waals surface area contributed by atoms with E-state index in [2.05, 4.69) is 22.4 Å². The van der Waals surface area contributed by atoms with Crippen LogP contribution in [-0.4, -0.2) is 21.9 Å². The number of nitrogens with zero attached hydrogens (tertiary/aromatic N) is 2. The molecule has 0 unspecified atom stereocenters. The molecule has 0 saturated carbocycles. The summed E-state index contributed by atoms with van der Waals surface area (Å²) in [5, 5.41) is 12.0. The van der Waals surface area contributed by atoms with Crippen molar-refractivity contribution in [3.8, 4) is 10.6 Å². The highest BCUT2D eigenvalue weighted by Gasteiger charge is 2.12. The highest BCUT2D eigenvalue weighted by molar-refractivity contribution is 7.18. The Kier molecular flexibility index (Phi) is 6.44. The van der Waals surface area contributed by atoms with Gasteiger partial charge in [0, 0.05) is 24.0 Å². The molecule has 6 heteroatoms. The summed E-state index contributed by atoms with van der Waals surface area (Å²) in [6.45, 7) is 2.12.